The maximum atomic E-state index is 12.9. The predicted molar refractivity (Wildman–Crippen MR) is 109 cm³/mol. The van der Waals surface area contributed by atoms with E-state index in [0.717, 1.165) is 10.5 Å². The number of hydrogen-bond acceptors (Lipinski definition) is 4. The van der Waals surface area contributed by atoms with Gasteiger partial charge in [0.25, 0.3) is 11.8 Å². The second-order valence-electron chi connectivity index (χ2n) is 7.24. The van der Waals surface area contributed by atoms with Crippen molar-refractivity contribution >= 4 is 21.8 Å². The highest BCUT2D eigenvalue weighted by Crippen LogP contribution is 2.29. The molecule has 1 fully saturated rings. The lowest BCUT2D eigenvalue weighted by Gasteiger charge is -2.16. The average molecular weight is 408 g/mol. The van der Waals surface area contributed by atoms with Crippen molar-refractivity contribution in [1.82, 2.24) is 9.21 Å². The topological polar surface area (TPSA) is 74.8 Å². The molecule has 0 spiro atoms. The van der Waals surface area contributed by atoms with Gasteiger partial charge in [-0.1, -0.05) is 48.1 Å². The van der Waals surface area contributed by atoms with Crippen molar-refractivity contribution in [2.24, 2.45) is 5.92 Å². The Morgan fingerprint density at radius 1 is 1.00 bits per heavy atom. The van der Waals surface area contributed by atoms with Gasteiger partial charge in [0.2, 0.25) is 10.0 Å². The molecule has 2 aromatic carbocycles. The second kappa shape index (κ2) is 7.09. The van der Waals surface area contributed by atoms with E-state index < -0.39 is 10.0 Å². The third-order valence-electron chi connectivity index (χ3n) is 5.26. The van der Waals surface area contributed by atoms with Gasteiger partial charge in [-0.15, -0.1) is 0 Å². The Kier molecular flexibility index (Phi) is 4.72. The zero-order chi connectivity index (χ0) is 20.8. The molecule has 7 heteroatoms. The molecule has 0 aliphatic carbocycles. The minimum absolute atomic E-state index is 0.202. The zero-order valence-electron chi connectivity index (χ0n) is 15.9. The first kappa shape index (κ1) is 19.3. The van der Waals surface area contributed by atoms with E-state index in [1.165, 1.54) is 10.5 Å². The minimum Gasteiger partial charge on any atom is -0.268 e. The summed E-state index contributed by atoms with van der Waals surface area (Å²) in [6.07, 6.45) is 3.11. The van der Waals surface area contributed by atoms with Crippen molar-refractivity contribution in [3.63, 3.8) is 0 Å². The Morgan fingerprint density at radius 2 is 1.59 bits per heavy atom. The Morgan fingerprint density at radius 3 is 2.17 bits per heavy atom. The SMILES string of the molecule is C=C1CN(S(=O)(=O)c2ccc(C)cc2)C[C@H]1/C=C/N1C(=O)c2ccccc2C1=O. The van der Waals surface area contributed by atoms with Crippen LogP contribution >= 0.6 is 0 Å². The van der Waals surface area contributed by atoms with E-state index in [0.29, 0.717) is 16.7 Å². The lowest BCUT2D eigenvalue weighted by atomic mass is 10.1. The second-order valence-corrected chi connectivity index (χ2v) is 9.18. The number of aryl methyl sites for hydroxylation is 1. The van der Waals surface area contributed by atoms with Crippen molar-refractivity contribution in [2.75, 3.05) is 13.1 Å². The fourth-order valence-electron chi connectivity index (χ4n) is 3.53. The molecular formula is C22H20N2O4S. The van der Waals surface area contributed by atoms with Gasteiger partial charge < -0.3 is 0 Å². The highest BCUT2D eigenvalue weighted by molar-refractivity contribution is 7.89. The summed E-state index contributed by atoms with van der Waals surface area (Å²) in [5.74, 6) is -1.04. The van der Waals surface area contributed by atoms with Gasteiger partial charge in [0.15, 0.2) is 0 Å². The van der Waals surface area contributed by atoms with Crippen LogP contribution in [0.1, 0.15) is 26.3 Å². The van der Waals surface area contributed by atoms with Crippen LogP contribution in [-0.2, 0) is 10.0 Å². The van der Waals surface area contributed by atoms with Gasteiger partial charge in [0, 0.05) is 25.2 Å². The van der Waals surface area contributed by atoms with Crippen molar-refractivity contribution < 1.29 is 18.0 Å². The molecule has 6 nitrogen and oxygen atoms in total. The maximum Gasteiger partial charge on any atom is 0.265 e. The molecule has 2 aliphatic rings. The van der Waals surface area contributed by atoms with Gasteiger partial charge in [-0.25, -0.2) is 13.3 Å². The summed E-state index contributed by atoms with van der Waals surface area (Å²) < 4.78 is 27.2. The number of benzene rings is 2. The molecule has 0 aromatic heterocycles. The lowest BCUT2D eigenvalue weighted by molar-refractivity contribution is 0.0720. The first-order valence-electron chi connectivity index (χ1n) is 9.19. The molecule has 0 N–H and O–H groups in total. The molecule has 0 radical (unpaired) electrons. The standard InChI is InChI=1S/C22H20N2O4S/c1-15-7-9-18(10-8-15)29(27,28)23-13-16(2)17(14-23)11-12-24-21(25)19-5-3-4-6-20(19)22(24)26/h3-12,17H,2,13-14H2,1H3/b12-11+/t17-/m1/s1. The zero-order valence-corrected chi connectivity index (χ0v) is 16.7. The van der Waals surface area contributed by atoms with Gasteiger partial charge in [-0.05, 0) is 31.2 Å². The molecule has 148 valence electrons. The number of fused-ring (bicyclic) bond motifs is 1. The Balaban J connectivity index is 1.51. The number of nitrogens with zero attached hydrogens (tertiary/aromatic N) is 2. The summed E-state index contributed by atoms with van der Waals surface area (Å²) in [6.45, 7) is 6.30. The van der Waals surface area contributed by atoms with E-state index in [2.05, 4.69) is 6.58 Å². The molecule has 2 aromatic rings. The van der Waals surface area contributed by atoms with E-state index in [1.807, 2.05) is 6.92 Å². The molecule has 1 atom stereocenters. The van der Waals surface area contributed by atoms with Gasteiger partial charge in [0.1, 0.15) is 0 Å². The molecule has 2 amide bonds. The van der Waals surface area contributed by atoms with Crippen LogP contribution in [0, 0.1) is 12.8 Å². The molecule has 0 saturated carbocycles. The van der Waals surface area contributed by atoms with Crippen LogP contribution in [-0.4, -0.2) is 42.5 Å². The number of rotatable bonds is 4. The number of sulfonamides is 1. The van der Waals surface area contributed by atoms with Crippen LogP contribution in [0.25, 0.3) is 0 Å². The number of hydrogen-bond donors (Lipinski definition) is 0. The molecule has 1 saturated heterocycles. The van der Waals surface area contributed by atoms with Gasteiger partial charge >= 0.3 is 0 Å². The van der Waals surface area contributed by atoms with Crippen LogP contribution in [0.4, 0.5) is 0 Å². The van der Waals surface area contributed by atoms with E-state index >= 15 is 0 Å². The van der Waals surface area contributed by atoms with Crippen LogP contribution in [0.15, 0.2) is 77.9 Å². The van der Waals surface area contributed by atoms with Gasteiger partial charge in [-0.2, -0.15) is 4.31 Å². The minimum atomic E-state index is -3.63. The summed E-state index contributed by atoms with van der Waals surface area (Å²) in [5, 5.41) is 0. The highest BCUT2D eigenvalue weighted by atomic mass is 32.2. The maximum absolute atomic E-state index is 12.9. The third kappa shape index (κ3) is 3.32. The predicted octanol–water partition coefficient (Wildman–Crippen LogP) is 2.98. The number of carbonyl (C=O) groups is 2. The molecule has 4 rings (SSSR count). The van der Waals surface area contributed by atoms with Crippen molar-refractivity contribution in [3.8, 4) is 0 Å². The number of carbonyl (C=O) groups excluding carboxylic acids is 2. The van der Waals surface area contributed by atoms with E-state index in [4.69, 9.17) is 0 Å². The van der Waals surface area contributed by atoms with Crippen LogP contribution in [0.2, 0.25) is 0 Å². The van der Waals surface area contributed by atoms with Crippen molar-refractivity contribution in [1.29, 1.82) is 0 Å². The Labute approximate surface area is 169 Å². The molecule has 2 heterocycles. The normalized spacial score (nSPS) is 20.1. The van der Waals surface area contributed by atoms with Gasteiger partial charge in [0.05, 0.1) is 16.0 Å². The first-order chi connectivity index (χ1) is 13.8. The largest absolute Gasteiger partial charge is 0.268 e. The Bertz CT molecular complexity index is 1110. The lowest BCUT2D eigenvalue weighted by Crippen LogP contribution is -2.29. The monoisotopic (exact) mass is 408 g/mol. The fourth-order valence-corrected chi connectivity index (χ4v) is 5.00. The van der Waals surface area contributed by atoms with Crippen molar-refractivity contribution in [3.05, 3.63) is 89.6 Å². The Hall–Kier alpha value is -3.03. The molecule has 2 aliphatic heterocycles. The summed E-state index contributed by atoms with van der Waals surface area (Å²) in [7, 11) is -3.63. The van der Waals surface area contributed by atoms with E-state index in [1.54, 1.807) is 54.6 Å². The molecular weight excluding hydrogens is 388 g/mol. The van der Waals surface area contributed by atoms with E-state index in [9.17, 15) is 18.0 Å². The first-order valence-corrected chi connectivity index (χ1v) is 10.6. The van der Waals surface area contributed by atoms with Crippen molar-refractivity contribution in [2.45, 2.75) is 11.8 Å². The number of amides is 2. The van der Waals surface area contributed by atoms with Crippen LogP contribution in [0.5, 0.6) is 0 Å². The molecule has 0 bridgehead atoms. The number of imide groups is 1. The van der Waals surface area contributed by atoms with Crippen LogP contribution < -0.4 is 0 Å². The third-order valence-corrected chi connectivity index (χ3v) is 7.08. The highest BCUT2D eigenvalue weighted by Gasteiger charge is 2.36. The van der Waals surface area contributed by atoms with Crippen LogP contribution in [0.3, 0.4) is 0 Å². The average Bonchev–Trinajstić information content (AvgIpc) is 3.19. The summed E-state index contributed by atoms with van der Waals surface area (Å²) >= 11 is 0. The van der Waals surface area contributed by atoms with E-state index in [-0.39, 0.29) is 35.7 Å². The quantitative estimate of drug-likeness (QED) is 0.576. The summed E-state index contributed by atoms with van der Waals surface area (Å²) in [6, 6.07) is 13.4. The molecule has 0 unspecified atom stereocenters. The smallest absolute Gasteiger partial charge is 0.265 e. The fraction of sp³-hybridized carbons (Fsp3) is 0.182. The van der Waals surface area contributed by atoms with Gasteiger partial charge in [-0.3, -0.25) is 9.59 Å². The molecule has 29 heavy (non-hydrogen) atoms. The summed E-state index contributed by atoms with van der Waals surface area (Å²) in [4.78, 5) is 26.2. The summed E-state index contributed by atoms with van der Waals surface area (Å²) in [5.41, 5.74) is 2.44.